The minimum Gasteiger partial charge on any atom is -0.398 e. The number of hydrogen-bond donors (Lipinski definition) is 4. The maximum Gasteiger partial charge on any atom is 0.229 e. The molecule has 10 heteroatoms. The highest BCUT2D eigenvalue weighted by atomic mass is 35.5. The van der Waals surface area contributed by atoms with Crippen LogP contribution < -0.4 is 22.1 Å². The first-order chi connectivity index (χ1) is 21.2. The Labute approximate surface area is 293 Å². The maximum atomic E-state index is 11.8. The van der Waals surface area contributed by atoms with Crippen LogP contribution in [-0.4, -0.2) is 11.8 Å². The lowest BCUT2D eigenvalue weighted by molar-refractivity contribution is -0.123. The average molecular weight is 707 g/mol. The first-order valence-electron chi connectivity index (χ1n) is 14.4. The first kappa shape index (κ1) is 40.6. The minimum atomic E-state index is -0.411. The van der Waals surface area contributed by atoms with Gasteiger partial charge in [0.25, 0.3) is 0 Å². The van der Waals surface area contributed by atoms with E-state index in [1.165, 1.54) is 0 Å². The van der Waals surface area contributed by atoms with Crippen LogP contribution in [0.25, 0.3) is 0 Å². The molecular weight excluding hydrogens is 662 g/mol. The molecule has 6 N–H and O–H groups in total. The van der Waals surface area contributed by atoms with Gasteiger partial charge in [-0.25, -0.2) is 0 Å². The zero-order chi connectivity index (χ0) is 35.2. The number of para-hydroxylation sites is 4. The molecule has 0 radical (unpaired) electrons. The fourth-order valence-electron chi connectivity index (χ4n) is 3.08. The molecule has 0 aliphatic rings. The van der Waals surface area contributed by atoms with Crippen molar-refractivity contribution in [3.05, 3.63) is 116 Å². The van der Waals surface area contributed by atoms with Crippen molar-refractivity contribution in [3.63, 3.8) is 0 Å². The highest BCUT2D eigenvalue weighted by Crippen LogP contribution is 2.27. The number of carbonyl (C=O) groups is 2. The quantitative estimate of drug-likeness (QED) is 0.156. The normalized spacial score (nSPS) is 10.5. The van der Waals surface area contributed by atoms with E-state index in [1.807, 2.05) is 104 Å². The third-order valence-electron chi connectivity index (χ3n) is 6.12. The molecule has 0 atom stereocenters. The van der Waals surface area contributed by atoms with Gasteiger partial charge in [0.1, 0.15) is 0 Å². The van der Waals surface area contributed by atoms with E-state index in [0.29, 0.717) is 42.8 Å². The Kier molecular flexibility index (Phi) is 16.5. The summed E-state index contributed by atoms with van der Waals surface area (Å²) in [5.74, 6) is -0.0655. The number of halogens is 4. The number of nitrogens with one attached hydrogen (secondary N) is 2. The number of hydrogen-bond acceptors (Lipinski definition) is 4. The van der Waals surface area contributed by atoms with Crippen molar-refractivity contribution in [1.29, 1.82) is 0 Å². The van der Waals surface area contributed by atoms with Crippen molar-refractivity contribution < 1.29 is 9.59 Å². The summed E-state index contributed by atoms with van der Waals surface area (Å²) >= 11 is 23.2. The van der Waals surface area contributed by atoms with Crippen LogP contribution in [0, 0.1) is 24.7 Å². The number of nitrogens with two attached hydrogens (primary N) is 2. The summed E-state index contributed by atoms with van der Waals surface area (Å²) in [6.45, 7) is 15.0. The highest BCUT2D eigenvalue weighted by Gasteiger charge is 2.23. The zero-order valence-corrected chi connectivity index (χ0v) is 30.6. The average Bonchev–Trinajstić information content (AvgIpc) is 2.96. The second-order valence-electron chi connectivity index (χ2n) is 12.3. The van der Waals surface area contributed by atoms with Crippen LogP contribution in [0.15, 0.2) is 84.9 Å². The number of anilines is 4. The van der Waals surface area contributed by atoms with Gasteiger partial charge in [-0.2, -0.15) is 0 Å². The predicted molar refractivity (Wildman–Crippen MR) is 200 cm³/mol. The van der Waals surface area contributed by atoms with Crippen molar-refractivity contribution >= 4 is 81.0 Å². The van der Waals surface area contributed by atoms with E-state index in [-0.39, 0.29) is 11.8 Å². The van der Waals surface area contributed by atoms with Crippen molar-refractivity contribution in [2.45, 2.75) is 55.4 Å². The summed E-state index contributed by atoms with van der Waals surface area (Å²) in [6.07, 6.45) is 0. The van der Waals surface area contributed by atoms with Crippen LogP contribution in [0.2, 0.25) is 20.1 Å². The topological polar surface area (TPSA) is 110 Å². The van der Waals surface area contributed by atoms with Gasteiger partial charge in [-0.05, 0) is 61.4 Å². The van der Waals surface area contributed by atoms with Crippen LogP contribution in [0.5, 0.6) is 0 Å². The summed E-state index contributed by atoms with van der Waals surface area (Å²) in [5.41, 5.74) is 14.8. The summed E-state index contributed by atoms with van der Waals surface area (Å²) < 4.78 is 0. The number of carbonyl (C=O) groups excluding carboxylic acids is 2. The highest BCUT2D eigenvalue weighted by molar-refractivity contribution is 6.34. The fourth-order valence-corrected chi connectivity index (χ4v) is 3.89. The smallest absolute Gasteiger partial charge is 0.229 e. The number of aryl methyl sites for hydroxylation is 2. The lowest BCUT2D eigenvalue weighted by atomic mass is 9.95. The standard InChI is InChI=1S/C12H16ClNO.C11H14ClNO.C7H8ClN.C6H6ClN/c1-8-6-5-7-9(13)10(8)14-11(15)12(2,3)4;1-11(2,3)10(14)13-9-7-5-4-6-8(9)12;1-5-3-2-4-6(8)7(5)9;7-5-3-1-2-4-6(5)8/h5-7H,1-4H3,(H,14,15);4-7H,1-3H3,(H,13,14);2-4H,9H2,1H3;1-4H,8H2. The zero-order valence-electron chi connectivity index (χ0n) is 27.6. The van der Waals surface area contributed by atoms with Crippen LogP contribution in [0.1, 0.15) is 52.7 Å². The largest absolute Gasteiger partial charge is 0.398 e. The van der Waals surface area contributed by atoms with Gasteiger partial charge in [-0.15, -0.1) is 0 Å². The van der Waals surface area contributed by atoms with E-state index in [4.69, 9.17) is 57.9 Å². The monoisotopic (exact) mass is 704 g/mol. The summed E-state index contributed by atoms with van der Waals surface area (Å²) in [6, 6.07) is 25.6. The number of nitrogen functional groups attached to an aromatic ring is 2. The molecule has 0 fully saturated rings. The second-order valence-corrected chi connectivity index (χ2v) is 13.9. The van der Waals surface area contributed by atoms with E-state index in [9.17, 15) is 9.59 Å². The fraction of sp³-hybridized carbons (Fsp3) is 0.278. The van der Waals surface area contributed by atoms with Gasteiger partial charge in [0, 0.05) is 10.8 Å². The Hall–Kier alpha value is -3.42. The van der Waals surface area contributed by atoms with Crippen LogP contribution in [-0.2, 0) is 9.59 Å². The van der Waals surface area contributed by atoms with Gasteiger partial charge >= 0.3 is 0 Å². The molecule has 4 aromatic carbocycles. The SMILES string of the molecule is CC(C)(C)C(=O)Nc1ccccc1Cl.Cc1cccc(Cl)c1N.Cc1cccc(Cl)c1NC(=O)C(C)(C)C.Nc1ccccc1Cl. The van der Waals surface area contributed by atoms with E-state index < -0.39 is 10.8 Å². The Balaban J connectivity index is 0.000000316. The first-order valence-corrected chi connectivity index (χ1v) is 15.9. The van der Waals surface area contributed by atoms with Crippen LogP contribution >= 0.6 is 46.4 Å². The molecule has 46 heavy (non-hydrogen) atoms. The third-order valence-corrected chi connectivity index (χ3v) is 7.44. The van der Waals surface area contributed by atoms with Crippen molar-refractivity contribution in [2.24, 2.45) is 10.8 Å². The van der Waals surface area contributed by atoms with E-state index in [2.05, 4.69) is 10.6 Å². The Bertz CT molecular complexity index is 1530. The van der Waals surface area contributed by atoms with Crippen molar-refractivity contribution in [1.82, 2.24) is 0 Å². The molecule has 0 bridgehead atoms. The van der Waals surface area contributed by atoms with Gasteiger partial charge in [0.05, 0.1) is 42.8 Å². The molecule has 0 spiro atoms. The van der Waals surface area contributed by atoms with Gasteiger partial charge in [0.2, 0.25) is 11.8 Å². The number of amides is 2. The Morgan fingerprint density at radius 2 is 0.978 bits per heavy atom. The minimum absolute atomic E-state index is 0.0290. The Morgan fingerprint density at radius 1 is 0.543 bits per heavy atom. The molecule has 0 aliphatic heterocycles. The Morgan fingerprint density at radius 3 is 1.39 bits per heavy atom. The molecule has 2 amide bonds. The summed E-state index contributed by atoms with van der Waals surface area (Å²) in [5, 5.41) is 8.02. The van der Waals surface area contributed by atoms with Gasteiger partial charge < -0.3 is 22.1 Å². The third kappa shape index (κ3) is 14.3. The summed E-state index contributed by atoms with van der Waals surface area (Å²) in [4.78, 5) is 23.4. The number of benzene rings is 4. The predicted octanol–water partition coefficient (Wildman–Crippen LogP) is 11.1. The molecule has 4 rings (SSSR count). The maximum absolute atomic E-state index is 11.8. The lowest BCUT2D eigenvalue weighted by Gasteiger charge is -2.19. The molecule has 0 aliphatic carbocycles. The molecule has 4 aromatic rings. The molecule has 0 saturated heterocycles. The molecule has 0 aromatic heterocycles. The van der Waals surface area contributed by atoms with Crippen molar-refractivity contribution in [3.8, 4) is 0 Å². The van der Waals surface area contributed by atoms with E-state index in [1.54, 1.807) is 36.4 Å². The molecule has 0 unspecified atom stereocenters. The molecule has 0 heterocycles. The number of rotatable bonds is 2. The molecule has 248 valence electrons. The van der Waals surface area contributed by atoms with Gasteiger partial charge in [0.15, 0.2) is 0 Å². The second kappa shape index (κ2) is 18.7. The van der Waals surface area contributed by atoms with Crippen molar-refractivity contribution in [2.75, 3.05) is 22.1 Å². The molecular formula is C36H44Cl4N4O2. The molecule has 0 saturated carbocycles. The lowest BCUT2D eigenvalue weighted by Crippen LogP contribution is -2.28. The van der Waals surface area contributed by atoms with Gasteiger partial charge in [-0.3, -0.25) is 9.59 Å². The summed E-state index contributed by atoms with van der Waals surface area (Å²) in [7, 11) is 0. The van der Waals surface area contributed by atoms with Crippen LogP contribution in [0.3, 0.4) is 0 Å². The molecule has 6 nitrogen and oxygen atoms in total. The van der Waals surface area contributed by atoms with Gasteiger partial charge in [-0.1, -0.05) is 136 Å². The van der Waals surface area contributed by atoms with E-state index >= 15 is 0 Å². The van der Waals surface area contributed by atoms with E-state index in [0.717, 1.165) is 11.1 Å². The van der Waals surface area contributed by atoms with Crippen LogP contribution in [0.4, 0.5) is 22.7 Å².